The highest BCUT2D eigenvalue weighted by atomic mass is 79.9. The normalized spacial score (nSPS) is 10.7. The van der Waals surface area contributed by atoms with Crippen LogP contribution in [0.4, 0.5) is 5.69 Å². The third kappa shape index (κ3) is 8.48. The largest absolute Gasteiger partial charge is 0.492 e. The van der Waals surface area contributed by atoms with E-state index in [0.717, 1.165) is 34.2 Å². The van der Waals surface area contributed by atoms with Crippen molar-refractivity contribution in [2.24, 2.45) is 5.10 Å². The predicted molar refractivity (Wildman–Crippen MR) is 119 cm³/mol. The number of ether oxygens (including phenoxy) is 1. The van der Waals surface area contributed by atoms with E-state index < -0.39 is 0 Å². The van der Waals surface area contributed by atoms with Gasteiger partial charge in [-0.3, -0.25) is 9.59 Å². The van der Waals surface area contributed by atoms with Gasteiger partial charge in [0.25, 0.3) is 0 Å². The standard InChI is InChI=1S/C22H26BrN3O3/c1-3-4-13-29-20-10-7-17(14-19(20)23)15-24-26-22(28)12-11-21(27)25-18-8-5-16(2)6-9-18/h5-10,14-15H,3-4,11-13H2,1-2H3,(H,25,27)(H,26,28). The van der Waals surface area contributed by atoms with Gasteiger partial charge < -0.3 is 10.1 Å². The SMILES string of the molecule is CCCCOc1ccc(C=NNC(=O)CCC(=O)Nc2ccc(C)cc2)cc1Br. The summed E-state index contributed by atoms with van der Waals surface area (Å²) in [5.74, 6) is 0.244. The summed E-state index contributed by atoms with van der Waals surface area (Å²) < 4.78 is 6.51. The van der Waals surface area contributed by atoms with Crippen molar-refractivity contribution in [3.05, 3.63) is 58.1 Å². The molecule has 0 aliphatic carbocycles. The van der Waals surface area contributed by atoms with Crippen LogP contribution in [0.3, 0.4) is 0 Å². The van der Waals surface area contributed by atoms with Crippen LogP contribution in [0.1, 0.15) is 43.7 Å². The fourth-order valence-corrected chi connectivity index (χ4v) is 2.87. The van der Waals surface area contributed by atoms with Crippen LogP contribution in [0.25, 0.3) is 0 Å². The molecule has 0 saturated heterocycles. The van der Waals surface area contributed by atoms with Gasteiger partial charge in [0.2, 0.25) is 11.8 Å². The summed E-state index contributed by atoms with van der Waals surface area (Å²) in [5, 5.41) is 6.70. The Hall–Kier alpha value is -2.67. The van der Waals surface area contributed by atoms with E-state index in [1.54, 1.807) is 6.21 Å². The van der Waals surface area contributed by atoms with Crippen molar-refractivity contribution in [2.75, 3.05) is 11.9 Å². The monoisotopic (exact) mass is 459 g/mol. The minimum atomic E-state index is -0.320. The maximum atomic E-state index is 11.9. The zero-order valence-electron chi connectivity index (χ0n) is 16.7. The van der Waals surface area contributed by atoms with Crippen LogP contribution in [-0.2, 0) is 9.59 Å². The van der Waals surface area contributed by atoms with Crippen LogP contribution in [-0.4, -0.2) is 24.6 Å². The summed E-state index contributed by atoms with van der Waals surface area (Å²) in [6, 6.07) is 13.1. The average Bonchev–Trinajstić information content (AvgIpc) is 2.70. The summed E-state index contributed by atoms with van der Waals surface area (Å²) in [7, 11) is 0. The second-order valence-electron chi connectivity index (χ2n) is 6.60. The number of anilines is 1. The Bertz CT molecular complexity index is 851. The van der Waals surface area contributed by atoms with E-state index in [1.807, 2.05) is 49.4 Å². The number of nitrogens with zero attached hydrogens (tertiary/aromatic N) is 1. The van der Waals surface area contributed by atoms with Crippen molar-refractivity contribution < 1.29 is 14.3 Å². The van der Waals surface area contributed by atoms with Gasteiger partial charge in [-0.2, -0.15) is 5.10 Å². The fraction of sp³-hybridized carbons (Fsp3) is 0.318. The van der Waals surface area contributed by atoms with Crippen molar-refractivity contribution in [3.8, 4) is 5.75 Å². The number of benzene rings is 2. The van der Waals surface area contributed by atoms with Crippen LogP contribution >= 0.6 is 15.9 Å². The highest BCUT2D eigenvalue weighted by Crippen LogP contribution is 2.25. The Morgan fingerprint density at radius 2 is 1.83 bits per heavy atom. The van der Waals surface area contributed by atoms with E-state index in [4.69, 9.17) is 4.74 Å². The third-order valence-electron chi connectivity index (χ3n) is 4.03. The molecule has 0 radical (unpaired) electrons. The van der Waals surface area contributed by atoms with Gasteiger partial charge in [-0.15, -0.1) is 0 Å². The molecule has 154 valence electrons. The summed E-state index contributed by atoms with van der Waals surface area (Å²) in [6.07, 6.45) is 3.78. The quantitative estimate of drug-likeness (QED) is 0.304. The molecule has 0 aliphatic rings. The maximum absolute atomic E-state index is 11.9. The average molecular weight is 460 g/mol. The molecule has 0 heterocycles. The molecular weight excluding hydrogens is 434 g/mol. The second-order valence-corrected chi connectivity index (χ2v) is 7.45. The van der Waals surface area contributed by atoms with Gasteiger partial charge in [-0.05, 0) is 65.2 Å². The number of hydrogen-bond acceptors (Lipinski definition) is 4. The first-order valence-electron chi connectivity index (χ1n) is 9.58. The summed E-state index contributed by atoms with van der Waals surface area (Å²) >= 11 is 3.47. The van der Waals surface area contributed by atoms with Crippen molar-refractivity contribution in [2.45, 2.75) is 39.5 Å². The van der Waals surface area contributed by atoms with Crippen molar-refractivity contribution >= 4 is 39.6 Å². The predicted octanol–water partition coefficient (Wildman–Crippen LogP) is 4.81. The van der Waals surface area contributed by atoms with Crippen LogP contribution < -0.4 is 15.5 Å². The first-order chi connectivity index (χ1) is 14.0. The van der Waals surface area contributed by atoms with E-state index in [-0.39, 0.29) is 24.7 Å². The lowest BCUT2D eigenvalue weighted by Crippen LogP contribution is -2.20. The molecule has 0 unspecified atom stereocenters. The smallest absolute Gasteiger partial charge is 0.240 e. The fourth-order valence-electron chi connectivity index (χ4n) is 2.36. The second kappa shape index (κ2) is 12.0. The third-order valence-corrected chi connectivity index (χ3v) is 4.65. The van der Waals surface area contributed by atoms with Gasteiger partial charge in [0.05, 0.1) is 17.3 Å². The highest BCUT2D eigenvalue weighted by Gasteiger charge is 2.07. The number of carbonyl (C=O) groups is 2. The number of aryl methyl sites for hydroxylation is 1. The molecule has 29 heavy (non-hydrogen) atoms. The van der Waals surface area contributed by atoms with Crippen LogP contribution in [0.5, 0.6) is 5.75 Å². The number of unbranched alkanes of at least 4 members (excludes halogenated alkanes) is 1. The number of hydrogen-bond donors (Lipinski definition) is 2. The molecule has 0 fully saturated rings. The van der Waals surface area contributed by atoms with E-state index in [0.29, 0.717) is 12.3 Å². The van der Waals surface area contributed by atoms with Gasteiger partial charge in [0.1, 0.15) is 5.75 Å². The Balaban J connectivity index is 1.73. The maximum Gasteiger partial charge on any atom is 0.240 e. The lowest BCUT2D eigenvalue weighted by atomic mass is 10.2. The minimum Gasteiger partial charge on any atom is -0.492 e. The lowest BCUT2D eigenvalue weighted by Gasteiger charge is -2.08. The Morgan fingerprint density at radius 3 is 2.52 bits per heavy atom. The van der Waals surface area contributed by atoms with E-state index in [2.05, 4.69) is 38.7 Å². The molecular formula is C22H26BrN3O3. The molecule has 2 aromatic rings. The number of halogens is 1. The van der Waals surface area contributed by atoms with Gasteiger partial charge in [-0.25, -0.2) is 5.43 Å². The number of amides is 2. The number of hydrazone groups is 1. The molecule has 0 aromatic heterocycles. The van der Waals surface area contributed by atoms with E-state index in [9.17, 15) is 9.59 Å². The molecule has 0 bridgehead atoms. The molecule has 0 spiro atoms. The summed E-state index contributed by atoms with van der Waals surface area (Å²) in [4.78, 5) is 23.8. The highest BCUT2D eigenvalue weighted by molar-refractivity contribution is 9.10. The topological polar surface area (TPSA) is 79.8 Å². The Labute approximate surface area is 179 Å². The van der Waals surface area contributed by atoms with Gasteiger partial charge in [-0.1, -0.05) is 31.0 Å². The van der Waals surface area contributed by atoms with Crippen LogP contribution in [0, 0.1) is 6.92 Å². The summed E-state index contributed by atoms with van der Waals surface area (Å²) in [5.41, 5.74) is 5.09. The van der Waals surface area contributed by atoms with Crippen LogP contribution in [0.15, 0.2) is 52.0 Å². The molecule has 7 heteroatoms. The van der Waals surface area contributed by atoms with Crippen molar-refractivity contribution in [1.82, 2.24) is 5.43 Å². The number of nitrogens with one attached hydrogen (secondary N) is 2. The van der Waals surface area contributed by atoms with Gasteiger partial charge >= 0.3 is 0 Å². The zero-order chi connectivity index (χ0) is 21.1. The first kappa shape index (κ1) is 22.6. The molecule has 0 atom stereocenters. The number of carbonyl (C=O) groups excluding carboxylic acids is 2. The molecule has 2 N–H and O–H groups in total. The molecule has 2 amide bonds. The molecule has 0 saturated carbocycles. The minimum absolute atomic E-state index is 0.0585. The molecule has 0 aliphatic heterocycles. The van der Waals surface area contributed by atoms with E-state index in [1.165, 1.54) is 0 Å². The van der Waals surface area contributed by atoms with Gasteiger partial charge in [0, 0.05) is 18.5 Å². The molecule has 6 nitrogen and oxygen atoms in total. The number of rotatable bonds is 10. The molecule has 2 rings (SSSR count). The Morgan fingerprint density at radius 1 is 1.10 bits per heavy atom. The van der Waals surface area contributed by atoms with Gasteiger partial charge in [0.15, 0.2) is 0 Å². The van der Waals surface area contributed by atoms with Crippen molar-refractivity contribution in [3.63, 3.8) is 0 Å². The molecule has 2 aromatic carbocycles. The summed E-state index contributed by atoms with van der Waals surface area (Å²) in [6.45, 7) is 4.77. The van der Waals surface area contributed by atoms with Crippen LogP contribution in [0.2, 0.25) is 0 Å². The zero-order valence-corrected chi connectivity index (χ0v) is 18.3. The lowest BCUT2D eigenvalue weighted by molar-refractivity contribution is -0.124. The Kier molecular flexibility index (Phi) is 9.37. The first-order valence-corrected chi connectivity index (χ1v) is 10.4. The van der Waals surface area contributed by atoms with E-state index >= 15 is 0 Å². The van der Waals surface area contributed by atoms with Crippen molar-refractivity contribution in [1.29, 1.82) is 0 Å².